The summed E-state index contributed by atoms with van der Waals surface area (Å²) in [7, 11) is 0. The van der Waals surface area contributed by atoms with Gasteiger partial charge < -0.3 is 14.4 Å². The van der Waals surface area contributed by atoms with Crippen LogP contribution in [-0.4, -0.2) is 27.9 Å². The maximum Gasteiger partial charge on any atom is 0.298 e. The minimum Gasteiger partial charge on any atom is -0.429 e. The van der Waals surface area contributed by atoms with Crippen molar-refractivity contribution in [3.05, 3.63) is 168 Å². The Balaban J connectivity index is 1.07. The first-order valence-corrected chi connectivity index (χ1v) is 20.5. The van der Waals surface area contributed by atoms with Crippen LogP contribution in [-0.2, 0) is 20.4 Å². The molecular weight excluding hydrogens is 765 g/mol. The summed E-state index contributed by atoms with van der Waals surface area (Å²) in [6.45, 7) is 10.00. The van der Waals surface area contributed by atoms with Gasteiger partial charge in [-0.1, -0.05) is 88.4 Å². The molecule has 0 fully saturated rings. The van der Waals surface area contributed by atoms with Gasteiger partial charge in [-0.15, -0.1) is 11.3 Å². The highest BCUT2D eigenvalue weighted by atomic mass is 32.1. The minimum atomic E-state index is -0.159. The summed E-state index contributed by atoms with van der Waals surface area (Å²) in [5, 5.41) is 1.06. The van der Waals surface area contributed by atoms with Gasteiger partial charge in [0.1, 0.15) is 16.5 Å². The molecule has 292 valence electrons. The fourth-order valence-corrected chi connectivity index (χ4v) is 10.0. The highest BCUT2D eigenvalue weighted by Gasteiger charge is 2.38. The molecule has 0 N–H and O–H groups in total. The van der Waals surface area contributed by atoms with Crippen molar-refractivity contribution in [2.75, 3.05) is 4.90 Å². The lowest BCUT2D eigenvalue weighted by atomic mass is 9.82. The lowest BCUT2D eigenvalue weighted by Gasteiger charge is -2.28. The van der Waals surface area contributed by atoms with E-state index in [0.29, 0.717) is 41.5 Å². The van der Waals surface area contributed by atoms with Crippen LogP contribution >= 0.6 is 11.3 Å². The number of pyridine rings is 3. The van der Waals surface area contributed by atoms with E-state index in [1.165, 1.54) is 50.7 Å². The normalized spacial score (nSPS) is 13.7. The second-order valence-electron chi connectivity index (χ2n) is 16.1. The zero-order chi connectivity index (χ0) is 41.2. The maximum absolute atomic E-state index is 11.5. The molecule has 4 aromatic heterocycles. The number of rotatable bonds is 10. The first kappa shape index (κ1) is 37.1. The van der Waals surface area contributed by atoms with E-state index in [4.69, 9.17) is 14.5 Å². The molecule has 4 aromatic carbocycles. The van der Waals surface area contributed by atoms with Gasteiger partial charge in [-0.05, 0) is 105 Å². The van der Waals surface area contributed by atoms with E-state index in [0.717, 1.165) is 26.8 Å². The van der Waals surface area contributed by atoms with Crippen molar-refractivity contribution < 1.29 is 19.1 Å². The largest absolute Gasteiger partial charge is 0.429 e. The maximum atomic E-state index is 11.5. The number of carbonyl (C=O) groups is 2. The zero-order valence-corrected chi connectivity index (χ0v) is 34.2. The molecule has 0 bridgehead atoms. The van der Waals surface area contributed by atoms with Crippen LogP contribution in [0.2, 0.25) is 0 Å². The Hall–Kier alpha value is -7.23. The van der Waals surface area contributed by atoms with E-state index in [-0.39, 0.29) is 16.6 Å². The SMILES string of the molecule is CC1(C)c2ccccc2-c2ccc(N(c3ccc4c(c3)C(C)(C)c3ccccc3-4)c3ccc(-c4ccnc(-c5cc(OC=O)cc(-c6cc(OC=O)ccn6)n5)c4)s3)cc21. The minimum absolute atomic E-state index is 0.159. The van der Waals surface area contributed by atoms with Crippen molar-refractivity contribution in [1.82, 2.24) is 15.0 Å². The van der Waals surface area contributed by atoms with Gasteiger partial charge in [0, 0.05) is 57.7 Å². The summed E-state index contributed by atoms with van der Waals surface area (Å²) < 4.78 is 10.3. The standard InChI is InChI=1S/C51H38N4O4S/c1-50(2)40-11-7-5-9-36(40)38-15-13-32(24-42(38)50)55(33-14-16-39-37-10-6-8-12-41(37)51(3,4)43(39)25-33)49-18-17-48(60-49)31-19-21-52-44(23-31)46-27-35(59-30-57)28-47(54-46)45-26-34(58-29-56)20-22-53-45/h5-30H,1-4H3. The molecule has 0 radical (unpaired) electrons. The Morgan fingerprint density at radius 1 is 0.517 bits per heavy atom. The number of ether oxygens (including phenoxy) is 2. The molecule has 10 rings (SSSR count). The van der Waals surface area contributed by atoms with Crippen LogP contribution in [0, 0.1) is 0 Å². The molecule has 8 nitrogen and oxygen atoms in total. The van der Waals surface area contributed by atoms with E-state index in [9.17, 15) is 9.59 Å². The number of thiophene rings is 1. The van der Waals surface area contributed by atoms with Crippen molar-refractivity contribution in [1.29, 1.82) is 0 Å². The molecule has 0 saturated carbocycles. The Kier molecular flexibility index (Phi) is 8.80. The summed E-state index contributed by atoms with van der Waals surface area (Å²) in [4.78, 5) is 39.8. The summed E-state index contributed by atoms with van der Waals surface area (Å²) in [6, 6.07) is 46.1. The Morgan fingerprint density at radius 3 is 1.63 bits per heavy atom. The highest BCUT2D eigenvalue weighted by molar-refractivity contribution is 7.19. The second-order valence-corrected chi connectivity index (χ2v) is 17.1. The molecule has 0 saturated heterocycles. The number of fused-ring (bicyclic) bond motifs is 6. The molecule has 9 heteroatoms. The molecular formula is C51H38N4O4S. The number of carbonyl (C=O) groups excluding carboxylic acids is 2. The van der Waals surface area contributed by atoms with Crippen molar-refractivity contribution >= 4 is 40.7 Å². The van der Waals surface area contributed by atoms with Crippen LogP contribution in [0.3, 0.4) is 0 Å². The van der Waals surface area contributed by atoms with Crippen LogP contribution in [0.1, 0.15) is 49.9 Å². The molecule has 0 spiro atoms. The molecule has 4 heterocycles. The molecule has 60 heavy (non-hydrogen) atoms. The monoisotopic (exact) mass is 802 g/mol. The Bertz CT molecular complexity index is 2920. The average molecular weight is 803 g/mol. The van der Waals surface area contributed by atoms with Gasteiger partial charge in [0.15, 0.2) is 0 Å². The lowest BCUT2D eigenvalue weighted by molar-refractivity contribution is -0.121. The Morgan fingerprint density at radius 2 is 1.03 bits per heavy atom. The van der Waals surface area contributed by atoms with E-state index in [1.807, 2.05) is 12.1 Å². The predicted molar refractivity (Wildman–Crippen MR) is 237 cm³/mol. The first-order valence-electron chi connectivity index (χ1n) is 19.7. The highest BCUT2D eigenvalue weighted by Crippen LogP contribution is 2.54. The third kappa shape index (κ3) is 6.08. The van der Waals surface area contributed by atoms with Gasteiger partial charge in [0.2, 0.25) is 0 Å². The number of hydrogen-bond donors (Lipinski definition) is 0. The Labute approximate surface area is 351 Å². The lowest BCUT2D eigenvalue weighted by Crippen LogP contribution is -2.17. The second kappa shape index (κ2) is 14.2. The molecule has 2 aliphatic carbocycles. The predicted octanol–water partition coefficient (Wildman–Crippen LogP) is 12.1. The zero-order valence-electron chi connectivity index (χ0n) is 33.3. The van der Waals surface area contributed by atoms with Crippen molar-refractivity contribution in [2.24, 2.45) is 0 Å². The number of aromatic nitrogens is 3. The fourth-order valence-electron chi connectivity index (χ4n) is 8.96. The van der Waals surface area contributed by atoms with Gasteiger partial charge in [-0.2, -0.15) is 0 Å². The molecule has 8 aromatic rings. The molecule has 0 aliphatic heterocycles. The number of hydrogen-bond acceptors (Lipinski definition) is 9. The number of benzene rings is 4. The third-order valence-electron chi connectivity index (χ3n) is 11.9. The van der Waals surface area contributed by atoms with Crippen molar-refractivity contribution in [3.8, 4) is 67.0 Å². The average Bonchev–Trinajstić information content (AvgIpc) is 3.91. The topological polar surface area (TPSA) is 94.5 Å². The van der Waals surface area contributed by atoms with Gasteiger partial charge in [0.25, 0.3) is 12.9 Å². The third-order valence-corrected chi connectivity index (χ3v) is 13.1. The van der Waals surface area contributed by atoms with Crippen LogP contribution in [0.15, 0.2) is 146 Å². The fraction of sp³-hybridized carbons (Fsp3) is 0.118. The number of anilines is 3. The number of nitrogens with zero attached hydrogens (tertiary/aromatic N) is 4. The van der Waals surface area contributed by atoms with Gasteiger partial charge in [-0.3, -0.25) is 19.6 Å². The molecule has 2 aliphatic rings. The molecule has 0 amide bonds. The van der Waals surface area contributed by atoms with Gasteiger partial charge >= 0.3 is 0 Å². The smallest absolute Gasteiger partial charge is 0.298 e. The van der Waals surface area contributed by atoms with E-state index in [1.54, 1.807) is 41.8 Å². The summed E-state index contributed by atoms with van der Waals surface area (Å²) >= 11 is 1.70. The van der Waals surface area contributed by atoms with Crippen molar-refractivity contribution in [2.45, 2.75) is 38.5 Å². The van der Waals surface area contributed by atoms with E-state index < -0.39 is 0 Å². The molecule has 0 atom stereocenters. The molecule has 0 unspecified atom stereocenters. The quantitative estimate of drug-likeness (QED) is 0.126. The first-order chi connectivity index (χ1) is 29.1. The van der Waals surface area contributed by atoms with Gasteiger partial charge in [0.05, 0.1) is 22.8 Å². The summed E-state index contributed by atoms with van der Waals surface area (Å²) in [5.74, 6) is 0.584. The van der Waals surface area contributed by atoms with E-state index >= 15 is 0 Å². The summed E-state index contributed by atoms with van der Waals surface area (Å²) in [5.41, 5.74) is 15.2. The van der Waals surface area contributed by atoms with Crippen LogP contribution in [0.4, 0.5) is 16.4 Å². The van der Waals surface area contributed by atoms with Crippen LogP contribution < -0.4 is 14.4 Å². The van der Waals surface area contributed by atoms with E-state index in [2.05, 4.69) is 140 Å². The van der Waals surface area contributed by atoms with Crippen molar-refractivity contribution in [3.63, 3.8) is 0 Å². The van der Waals surface area contributed by atoms with Crippen LogP contribution in [0.5, 0.6) is 11.5 Å². The van der Waals surface area contributed by atoms with Crippen LogP contribution in [0.25, 0.3) is 55.5 Å². The van der Waals surface area contributed by atoms with Gasteiger partial charge in [-0.25, -0.2) is 4.98 Å². The summed E-state index contributed by atoms with van der Waals surface area (Å²) in [6.07, 6.45) is 3.28.